The normalized spacial score (nSPS) is 12.3. The third-order valence-electron chi connectivity index (χ3n) is 10.9. The molecule has 6 nitrogen and oxygen atoms in total. The summed E-state index contributed by atoms with van der Waals surface area (Å²) in [7, 11) is 0. The van der Waals surface area contributed by atoms with Gasteiger partial charge in [0.1, 0.15) is 13.2 Å². The maximum atomic E-state index is 12.7. The minimum atomic E-state index is -0.781. The highest BCUT2D eigenvalue weighted by molar-refractivity contribution is 5.71. The smallest absolute Gasteiger partial charge is 0.306 e. The van der Waals surface area contributed by atoms with E-state index in [2.05, 4.69) is 57.2 Å². The fraction of sp³-hybridized carbons (Fsp3) is 0.827. The number of carbonyl (C=O) groups is 3. The molecule has 338 valence electrons. The summed E-state index contributed by atoms with van der Waals surface area (Å²) in [4.78, 5) is 37.9. The molecule has 0 saturated heterocycles. The highest BCUT2D eigenvalue weighted by Gasteiger charge is 2.19. The largest absolute Gasteiger partial charge is 0.462 e. The van der Waals surface area contributed by atoms with E-state index < -0.39 is 6.10 Å². The Bertz CT molecular complexity index is 984. The minimum absolute atomic E-state index is 0.0800. The van der Waals surface area contributed by atoms with Gasteiger partial charge >= 0.3 is 17.9 Å². The van der Waals surface area contributed by atoms with Crippen molar-refractivity contribution < 1.29 is 28.6 Å². The highest BCUT2D eigenvalue weighted by Crippen LogP contribution is 2.16. The average Bonchev–Trinajstić information content (AvgIpc) is 3.22. The Hall–Kier alpha value is -2.37. The molecule has 0 aliphatic heterocycles. The van der Waals surface area contributed by atoms with Crippen molar-refractivity contribution in [3.05, 3.63) is 36.5 Å². The number of carbonyl (C=O) groups excluding carboxylic acids is 3. The van der Waals surface area contributed by atoms with Gasteiger partial charge in [-0.2, -0.15) is 0 Å². The van der Waals surface area contributed by atoms with Crippen molar-refractivity contribution in [1.29, 1.82) is 0 Å². The van der Waals surface area contributed by atoms with Gasteiger partial charge in [-0.3, -0.25) is 14.4 Å². The van der Waals surface area contributed by atoms with Crippen molar-refractivity contribution >= 4 is 17.9 Å². The van der Waals surface area contributed by atoms with Crippen molar-refractivity contribution in [3.8, 4) is 0 Å². The number of unbranched alkanes of at least 4 members (excludes halogenated alkanes) is 28. The van der Waals surface area contributed by atoms with Gasteiger partial charge in [0.05, 0.1) is 0 Å². The molecule has 0 fully saturated rings. The number of esters is 3. The van der Waals surface area contributed by atoms with E-state index in [1.807, 2.05) is 0 Å². The van der Waals surface area contributed by atoms with Crippen LogP contribution in [0, 0.1) is 0 Å². The van der Waals surface area contributed by atoms with Crippen molar-refractivity contribution in [2.45, 2.75) is 264 Å². The molecule has 0 saturated carbocycles. The molecular formula is C52H94O6. The Morgan fingerprint density at radius 3 is 1.05 bits per heavy atom. The van der Waals surface area contributed by atoms with E-state index in [0.29, 0.717) is 19.3 Å². The molecule has 1 unspecified atom stereocenters. The van der Waals surface area contributed by atoms with Crippen molar-refractivity contribution in [2.75, 3.05) is 13.2 Å². The van der Waals surface area contributed by atoms with Crippen LogP contribution in [0.4, 0.5) is 0 Å². The predicted octanol–water partition coefficient (Wildman–Crippen LogP) is 16.1. The summed E-state index contributed by atoms with van der Waals surface area (Å²) in [5.74, 6) is -0.900. The lowest BCUT2D eigenvalue weighted by molar-refractivity contribution is -0.167. The Labute approximate surface area is 359 Å². The number of hydrogen-bond donors (Lipinski definition) is 0. The Balaban J connectivity index is 4.38. The molecule has 0 bridgehead atoms. The van der Waals surface area contributed by atoms with Crippen LogP contribution < -0.4 is 0 Å². The summed E-state index contributed by atoms with van der Waals surface area (Å²) in [6, 6.07) is 0. The summed E-state index contributed by atoms with van der Waals surface area (Å²) in [5.41, 5.74) is 0. The van der Waals surface area contributed by atoms with Crippen LogP contribution in [0.3, 0.4) is 0 Å². The molecule has 0 radical (unpaired) electrons. The predicted molar refractivity (Wildman–Crippen MR) is 247 cm³/mol. The molecule has 0 aromatic carbocycles. The Kier molecular flexibility index (Phi) is 45.4. The Morgan fingerprint density at radius 1 is 0.362 bits per heavy atom. The van der Waals surface area contributed by atoms with Gasteiger partial charge in [-0.05, 0) is 51.4 Å². The summed E-state index contributed by atoms with van der Waals surface area (Å²) in [6.07, 6.45) is 54.1. The number of ether oxygens (including phenoxy) is 3. The van der Waals surface area contributed by atoms with Crippen LogP contribution in [0.25, 0.3) is 0 Å². The lowest BCUT2D eigenvalue weighted by Crippen LogP contribution is -2.30. The van der Waals surface area contributed by atoms with E-state index in [1.54, 1.807) is 0 Å². The fourth-order valence-corrected chi connectivity index (χ4v) is 7.16. The molecule has 0 aromatic rings. The van der Waals surface area contributed by atoms with Crippen LogP contribution >= 0.6 is 0 Å². The van der Waals surface area contributed by atoms with Gasteiger partial charge in [0.2, 0.25) is 0 Å². The quantitative estimate of drug-likeness (QED) is 0.0264. The second kappa shape index (κ2) is 47.3. The average molecular weight is 815 g/mol. The highest BCUT2D eigenvalue weighted by atomic mass is 16.6. The maximum absolute atomic E-state index is 12.7. The standard InChI is InChI=1S/C52H94O6/c1-4-7-10-13-16-19-22-25-28-30-33-36-39-42-45-51(54)57-48-49(58-52(55)46-43-40-37-34-31-27-24-21-18-15-12-9-6-3)47-56-50(53)44-41-38-35-32-29-26-23-20-17-14-11-8-5-2/h9,12,18,21,27,31,49H,4-8,10-11,13-17,19-20,22-26,28-30,32-48H2,1-3H3/b12-9-,21-18-,31-27-. The van der Waals surface area contributed by atoms with Gasteiger partial charge in [0.25, 0.3) is 0 Å². The molecule has 1 atom stereocenters. The van der Waals surface area contributed by atoms with Gasteiger partial charge in [-0.15, -0.1) is 0 Å². The number of rotatable bonds is 45. The summed E-state index contributed by atoms with van der Waals surface area (Å²) < 4.78 is 16.7. The third kappa shape index (κ3) is 44.7. The van der Waals surface area contributed by atoms with E-state index in [4.69, 9.17) is 14.2 Å². The van der Waals surface area contributed by atoms with Crippen LogP contribution in [0.15, 0.2) is 36.5 Å². The summed E-state index contributed by atoms with van der Waals surface area (Å²) in [6.45, 7) is 6.51. The summed E-state index contributed by atoms with van der Waals surface area (Å²) >= 11 is 0. The van der Waals surface area contributed by atoms with Crippen molar-refractivity contribution in [1.82, 2.24) is 0 Å². The monoisotopic (exact) mass is 815 g/mol. The molecule has 0 N–H and O–H groups in total. The van der Waals surface area contributed by atoms with E-state index >= 15 is 0 Å². The lowest BCUT2D eigenvalue weighted by Gasteiger charge is -2.18. The molecule has 0 aliphatic rings. The van der Waals surface area contributed by atoms with E-state index in [1.165, 1.54) is 135 Å². The van der Waals surface area contributed by atoms with Gasteiger partial charge in [0.15, 0.2) is 6.10 Å². The van der Waals surface area contributed by atoms with Crippen molar-refractivity contribution in [3.63, 3.8) is 0 Å². The zero-order chi connectivity index (χ0) is 42.3. The van der Waals surface area contributed by atoms with Crippen LogP contribution in [0.2, 0.25) is 0 Å². The first-order valence-electron chi connectivity index (χ1n) is 25.0. The van der Waals surface area contributed by atoms with Crippen molar-refractivity contribution in [2.24, 2.45) is 0 Å². The van der Waals surface area contributed by atoms with Crippen LogP contribution in [0.5, 0.6) is 0 Å². The molecule has 0 heterocycles. The van der Waals surface area contributed by atoms with E-state index in [0.717, 1.165) is 83.5 Å². The van der Waals surface area contributed by atoms with Gasteiger partial charge < -0.3 is 14.2 Å². The minimum Gasteiger partial charge on any atom is -0.462 e. The molecule has 6 heteroatoms. The van der Waals surface area contributed by atoms with Gasteiger partial charge in [-0.25, -0.2) is 0 Å². The number of allylic oxidation sites excluding steroid dienone is 6. The first-order chi connectivity index (χ1) is 28.5. The summed E-state index contributed by atoms with van der Waals surface area (Å²) in [5, 5.41) is 0. The molecule has 58 heavy (non-hydrogen) atoms. The van der Waals surface area contributed by atoms with Crippen LogP contribution in [-0.4, -0.2) is 37.2 Å². The zero-order valence-corrected chi connectivity index (χ0v) is 38.6. The molecule has 0 aliphatic carbocycles. The second-order valence-electron chi connectivity index (χ2n) is 16.7. The SMILES string of the molecule is CC/C=C\C/C=C\C/C=C\CCCCCC(=O)OC(COC(=O)CCCCCCCCCCCCCCC)COC(=O)CCCCCCCCCCCCCCCC. The van der Waals surface area contributed by atoms with E-state index in [-0.39, 0.29) is 31.1 Å². The third-order valence-corrected chi connectivity index (χ3v) is 10.9. The van der Waals surface area contributed by atoms with Crippen LogP contribution in [-0.2, 0) is 28.6 Å². The van der Waals surface area contributed by atoms with Crippen LogP contribution in [0.1, 0.15) is 258 Å². The zero-order valence-electron chi connectivity index (χ0n) is 38.6. The maximum Gasteiger partial charge on any atom is 0.306 e. The molecule has 0 amide bonds. The fourth-order valence-electron chi connectivity index (χ4n) is 7.16. The van der Waals surface area contributed by atoms with E-state index in [9.17, 15) is 14.4 Å². The first-order valence-corrected chi connectivity index (χ1v) is 25.0. The first kappa shape index (κ1) is 55.6. The van der Waals surface area contributed by atoms with Gasteiger partial charge in [-0.1, -0.05) is 224 Å². The second-order valence-corrected chi connectivity index (χ2v) is 16.7. The molecular weight excluding hydrogens is 721 g/mol. The number of hydrogen-bond acceptors (Lipinski definition) is 6. The topological polar surface area (TPSA) is 78.9 Å². The molecule has 0 spiro atoms. The molecule has 0 rings (SSSR count). The lowest BCUT2D eigenvalue weighted by atomic mass is 10.0. The Morgan fingerprint density at radius 2 is 0.672 bits per heavy atom. The molecule has 0 aromatic heterocycles. The van der Waals surface area contributed by atoms with Gasteiger partial charge in [0, 0.05) is 19.3 Å².